The Morgan fingerprint density at radius 2 is 1.25 bits per heavy atom. The predicted octanol–water partition coefficient (Wildman–Crippen LogP) is 1.54. The van der Waals surface area contributed by atoms with Gasteiger partial charge in [0.15, 0.2) is 0 Å². The molecule has 0 amide bonds. The standard InChI is InChI=1S/C4H9N.2C2H6N.Nb/c1-4(2,3)5;2*1-3-2;/h1-3H3;2*1-2H3;/q;2*-1;+2. The molecule has 0 heterocycles. The Bertz CT molecular complexity index is 158. The normalized spacial score (nSPS) is 12.4. The van der Waals surface area contributed by atoms with Crippen LogP contribution in [-0.2, 0) is 18.8 Å². The Kier molecular flexibility index (Phi) is 4.81. The molecule has 0 spiro atoms. The summed E-state index contributed by atoms with van der Waals surface area (Å²) in [6, 6.07) is 0. The second-order valence-corrected chi connectivity index (χ2v) is 9.98. The summed E-state index contributed by atoms with van der Waals surface area (Å²) in [4.78, 5) is 0. The van der Waals surface area contributed by atoms with Crippen molar-refractivity contribution in [3.8, 4) is 0 Å². The first kappa shape index (κ1) is 12.5. The summed E-state index contributed by atoms with van der Waals surface area (Å²) in [5.74, 6) is 0. The molecule has 0 rings (SSSR count). The fourth-order valence-corrected chi connectivity index (χ4v) is 4.76. The Balaban J connectivity index is 4.63. The van der Waals surface area contributed by atoms with Gasteiger partial charge in [-0.3, -0.25) is 0 Å². The van der Waals surface area contributed by atoms with E-state index in [0.717, 1.165) is 0 Å². The minimum atomic E-state index is -1.66. The summed E-state index contributed by atoms with van der Waals surface area (Å²) in [5.41, 5.74) is 0.108. The van der Waals surface area contributed by atoms with Crippen LogP contribution in [0.15, 0.2) is 3.34 Å². The van der Waals surface area contributed by atoms with E-state index in [1.165, 1.54) is 0 Å². The van der Waals surface area contributed by atoms with E-state index in [2.05, 4.69) is 55.6 Å². The summed E-state index contributed by atoms with van der Waals surface area (Å²) in [7, 11) is 8.49. The van der Waals surface area contributed by atoms with Gasteiger partial charge in [-0.1, -0.05) is 0 Å². The van der Waals surface area contributed by atoms with Crippen LogP contribution in [0.5, 0.6) is 0 Å². The van der Waals surface area contributed by atoms with Crippen LogP contribution in [0.2, 0.25) is 0 Å². The van der Waals surface area contributed by atoms with Crippen molar-refractivity contribution in [2.24, 2.45) is 3.34 Å². The first-order chi connectivity index (χ1) is 5.24. The first-order valence-electron chi connectivity index (χ1n) is 4.11. The molecule has 0 aliphatic carbocycles. The van der Waals surface area contributed by atoms with Gasteiger partial charge in [0.05, 0.1) is 0 Å². The van der Waals surface area contributed by atoms with E-state index < -0.39 is 18.8 Å². The van der Waals surface area contributed by atoms with Crippen LogP contribution < -0.4 is 0 Å². The van der Waals surface area contributed by atoms with Crippen LogP contribution in [-0.4, -0.2) is 40.3 Å². The van der Waals surface area contributed by atoms with Crippen molar-refractivity contribution >= 4 is 0 Å². The van der Waals surface area contributed by atoms with Gasteiger partial charge in [0, 0.05) is 0 Å². The van der Waals surface area contributed by atoms with Crippen molar-refractivity contribution < 1.29 is 18.8 Å². The fourth-order valence-electron chi connectivity index (χ4n) is 0.805. The second kappa shape index (κ2) is 4.63. The molecule has 0 aliphatic rings. The van der Waals surface area contributed by atoms with Gasteiger partial charge >= 0.3 is 83.2 Å². The topological polar surface area (TPSA) is 18.8 Å². The molecule has 0 aromatic carbocycles. The molecule has 0 radical (unpaired) electrons. The third-order valence-corrected chi connectivity index (χ3v) is 6.54. The SMILES string of the molecule is C[N](C)[Nb](=[N]C(C)(C)C)[N](C)C. The molecule has 0 aromatic rings. The van der Waals surface area contributed by atoms with E-state index in [0.29, 0.717) is 0 Å². The fraction of sp³-hybridized carbons (Fsp3) is 1.00. The average Bonchev–Trinajstić information content (AvgIpc) is 1.79. The Labute approximate surface area is 83.4 Å². The second-order valence-electron chi connectivity index (χ2n) is 4.23. The van der Waals surface area contributed by atoms with E-state index in [4.69, 9.17) is 3.34 Å². The molecule has 73 valence electrons. The zero-order chi connectivity index (χ0) is 9.94. The summed E-state index contributed by atoms with van der Waals surface area (Å²) < 4.78 is 9.41. The summed E-state index contributed by atoms with van der Waals surface area (Å²) in [6.07, 6.45) is 0. The Morgan fingerprint density at radius 3 is 1.33 bits per heavy atom. The molecular formula is C8H21N3Nb. The van der Waals surface area contributed by atoms with Gasteiger partial charge in [-0.15, -0.1) is 0 Å². The quantitative estimate of drug-likeness (QED) is 0.694. The van der Waals surface area contributed by atoms with Crippen LogP contribution in [0.25, 0.3) is 0 Å². The molecule has 0 saturated carbocycles. The monoisotopic (exact) mass is 252 g/mol. The van der Waals surface area contributed by atoms with E-state index in [1.54, 1.807) is 0 Å². The number of nitrogens with zero attached hydrogens (tertiary/aromatic N) is 3. The summed E-state index contributed by atoms with van der Waals surface area (Å²) in [5, 5.41) is 0. The van der Waals surface area contributed by atoms with E-state index in [-0.39, 0.29) is 5.54 Å². The average molecular weight is 252 g/mol. The molecule has 12 heavy (non-hydrogen) atoms. The van der Waals surface area contributed by atoms with Gasteiger partial charge in [-0.05, 0) is 0 Å². The van der Waals surface area contributed by atoms with Gasteiger partial charge in [0.25, 0.3) is 0 Å². The van der Waals surface area contributed by atoms with Crippen molar-refractivity contribution in [3.63, 3.8) is 0 Å². The van der Waals surface area contributed by atoms with Crippen molar-refractivity contribution in [1.82, 2.24) is 6.61 Å². The minimum absolute atomic E-state index is 0.108. The third-order valence-electron chi connectivity index (χ3n) is 1.10. The Morgan fingerprint density at radius 1 is 0.917 bits per heavy atom. The van der Waals surface area contributed by atoms with Crippen LogP contribution in [0.3, 0.4) is 0 Å². The van der Waals surface area contributed by atoms with Crippen LogP contribution >= 0.6 is 0 Å². The maximum atomic E-state index is 4.84. The van der Waals surface area contributed by atoms with E-state index in [9.17, 15) is 0 Å². The van der Waals surface area contributed by atoms with Gasteiger partial charge in [0.2, 0.25) is 0 Å². The third kappa shape index (κ3) is 5.17. The number of hydrogen-bond acceptors (Lipinski definition) is 1. The number of hydrogen-bond donors (Lipinski definition) is 0. The first-order valence-corrected chi connectivity index (χ1v) is 7.06. The van der Waals surface area contributed by atoms with Gasteiger partial charge in [-0.25, -0.2) is 0 Å². The van der Waals surface area contributed by atoms with Crippen LogP contribution in [0.1, 0.15) is 20.8 Å². The molecule has 0 fully saturated rings. The van der Waals surface area contributed by atoms with Crippen molar-refractivity contribution in [2.45, 2.75) is 26.3 Å². The van der Waals surface area contributed by atoms with Crippen LogP contribution in [0.4, 0.5) is 0 Å². The number of rotatable bonds is 2. The van der Waals surface area contributed by atoms with E-state index >= 15 is 0 Å². The molecule has 3 nitrogen and oxygen atoms in total. The maximum absolute atomic E-state index is 4.84. The molecule has 0 bridgehead atoms. The summed E-state index contributed by atoms with van der Waals surface area (Å²) in [6.45, 7) is 6.49. The Hall–Kier alpha value is 0.460. The van der Waals surface area contributed by atoms with Gasteiger partial charge in [0.1, 0.15) is 0 Å². The van der Waals surface area contributed by atoms with Crippen molar-refractivity contribution in [2.75, 3.05) is 28.2 Å². The van der Waals surface area contributed by atoms with E-state index in [1.807, 2.05) is 0 Å². The molecule has 0 aliphatic heterocycles. The molecule has 0 aromatic heterocycles. The predicted molar refractivity (Wildman–Crippen MR) is 49.6 cm³/mol. The zero-order valence-electron chi connectivity index (χ0n) is 9.29. The van der Waals surface area contributed by atoms with Gasteiger partial charge < -0.3 is 0 Å². The molecule has 4 heteroatoms. The van der Waals surface area contributed by atoms with Crippen molar-refractivity contribution in [1.29, 1.82) is 0 Å². The molecule has 0 unspecified atom stereocenters. The summed E-state index contributed by atoms with van der Waals surface area (Å²) >= 11 is -1.66. The molecule has 0 saturated heterocycles. The van der Waals surface area contributed by atoms with Gasteiger partial charge in [-0.2, -0.15) is 0 Å². The zero-order valence-corrected chi connectivity index (χ0v) is 11.5. The van der Waals surface area contributed by atoms with Crippen LogP contribution in [0, 0.1) is 0 Å². The van der Waals surface area contributed by atoms with Crippen molar-refractivity contribution in [3.05, 3.63) is 0 Å². The molecule has 0 atom stereocenters. The molecular weight excluding hydrogens is 231 g/mol. The molecule has 0 N–H and O–H groups in total.